The van der Waals surface area contributed by atoms with E-state index in [9.17, 15) is 0 Å². The summed E-state index contributed by atoms with van der Waals surface area (Å²) in [7, 11) is 0. The van der Waals surface area contributed by atoms with E-state index in [0.29, 0.717) is 6.79 Å². The van der Waals surface area contributed by atoms with Crippen molar-refractivity contribution < 1.29 is 9.47 Å². The molecular weight excluding hydrogens is 524 g/mol. The molecule has 8 aromatic carbocycles. The van der Waals surface area contributed by atoms with E-state index >= 15 is 0 Å². The van der Waals surface area contributed by atoms with Crippen LogP contribution in [0.15, 0.2) is 146 Å². The van der Waals surface area contributed by atoms with Crippen LogP contribution < -0.4 is 0 Å². The summed E-state index contributed by atoms with van der Waals surface area (Å²) in [5, 5.41) is 9.63. The summed E-state index contributed by atoms with van der Waals surface area (Å²) in [6.07, 6.45) is 0. The van der Waals surface area contributed by atoms with Crippen molar-refractivity contribution >= 4 is 43.1 Å². The Kier molecular flexibility index (Phi) is 5.30. The second-order valence-electron chi connectivity index (χ2n) is 11.3. The minimum atomic E-state index is 0.368. The second-order valence-corrected chi connectivity index (χ2v) is 11.3. The summed E-state index contributed by atoms with van der Waals surface area (Å²) >= 11 is 0. The lowest BCUT2D eigenvalue weighted by Gasteiger charge is -2.18. The first-order chi connectivity index (χ1) is 21.3. The molecule has 2 heteroatoms. The zero-order valence-electron chi connectivity index (χ0n) is 23.5. The van der Waals surface area contributed by atoms with Crippen molar-refractivity contribution in [3.8, 4) is 44.9 Å². The van der Waals surface area contributed by atoms with Gasteiger partial charge in [0.2, 0.25) is 0 Å². The fraction of sp³-hybridized carbons (Fsp3) is 0.0244. The van der Waals surface area contributed by atoms with Gasteiger partial charge in [-0.05, 0) is 66.7 Å². The van der Waals surface area contributed by atoms with E-state index in [1.54, 1.807) is 0 Å². The molecule has 1 aliphatic heterocycles. The normalized spacial score (nSPS) is 12.5. The molecule has 0 saturated carbocycles. The van der Waals surface area contributed by atoms with Crippen LogP contribution in [-0.4, -0.2) is 16.3 Å². The minimum Gasteiger partial charge on any atom is -0.516 e. The van der Waals surface area contributed by atoms with Crippen LogP contribution in [0.2, 0.25) is 0 Å². The number of hydrogen-bond acceptors (Lipinski definition) is 0. The lowest BCUT2D eigenvalue weighted by molar-refractivity contribution is -0.138. The van der Waals surface area contributed by atoms with Gasteiger partial charge in [-0.1, -0.05) is 133 Å². The summed E-state index contributed by atoms with van der Waals surface area (Å²) in [5.41, 5.74) is 7.01. The van der Waals surface area contributed by atoms with Gasteiger partial charge in [0, 0.05) is 0 Å². The maximum Gasteiger partial charge on any atom is 0.412 e. The van der Waals surface area contributed by atoms with Gasteiger partial charge in [-0.15, -0.1) is 0 Å². The second kappa shape index (κ2) is 9.47. The first-order valence-electron chi connectivity index (χ1n) is 14.8. The third-order valence-corrected chi connectivity index (χ3v) is 8.89. The Hall–Kier alpha value is -5.60. The molecule has 2 N–H and O–H groups in total. The van der Waals surface area contributed by atoms with Gasteiger partial charge >= 0.3 is 6.79 Å². The van der Waals surface area contributed by atoms with Crippen LogP contribution in [0.25, 0.3) is 76.5 Å². The number of aromatic hydroxyl groups is 2. The molecule has 0 aliphatic carbocycles. The van der Waals surface area contributed by atoms with E-state index in [2.05, 4.69) is 146 Å². The van der Waals surface area contributed by atoms with Crippen molar-refractivity contribution in [2.75, 3.05) is 6.79 Å². The molecule has 43 heavy (non-hydrogen) atoms. The Morgan fingerprint density at radius 1 is 0.372 bits per heavy atom. The quantitative estimate of drug-likeness (QED) is 0.151. The van der Waals surface area contributed by atoms with Gasteiger partial charge in [-0.3, -0.25) is 0 Å². The Balaban J connectivity index is 1.54. The maximum absolute atomic E-state index is 5.32. The Bertz CT molecular complexity index is 2190. The number of benzene rings is 8. The van der Waals surface area contributed by atoms with E-state index in [-0.39, 0.29) is 0 Å². The van der Waals surface area contributed by atoms with Gasteiger partial charge in [0.15, 0.2) is 0 Å². The van der Waals surface area contributed by atoms with Gasteiger partial charge in [-0.25, -0.2) is 0 Å². The monoisotopic (exact) mass is 552 g/mol. The zero-order chi connectivity index (χ0) is 28.3. The molecule has 0 spiro atoms. The molecule has 0 aromatic heterocycles. The highest BCUT2D eigenvalue weighted by Crippen LogP contribution is 2.56. The molecule has 0 bridgehead atoms. The van der Waals surface area contributed by atoms with E-state index in [1.807, 2.05) is 0 Å². The molecule has 202 valence electrons. The molecule has 0 radical (unpaired) electrons. The van der Waals surface area contributed by atoms with Crippen LogP contribution in [0.4, 0.5) is 0 Å². The van der Waals surface area contributed by atoms with Crippen LogP contribution in [0.5, 0.6) is 11.5 Å². The molecule has 0 fully saturated rings. The number of aliphatic hydroxyl groups is 2. The third-order valence-electron chi connectivity index (χ3n) is 8.89. The summed E-state index contributed by atoms with van der Waals surface area (Å²) in [6.45, 7) is 0.368. The van der Waals surface area contributed by atoms with Gasteiger partial charge in [0.25, 0.3) is 11.5 Å². The molecule has 0 atom stereocenters. The van der Waals surface area contributed by atoms with Gasteiger partial charge in [0.1, 0.15) is 0 Å². The van der Waals surface area contributed by atoms with E-state index in [4.69, 9.17) is 9.47 Å². The smallest absolute Gasteiger partial charge is 0.412 e. The molecule has 0 saturated heterocycles. The van der Waals surface area contributed by atoms with Crippen molar-refractivity contribution in [1.29, 1.82) is 0 Å². The van der Waals surface area contributed by atoms with Crippen molar-refractivity contribution in [3.63, 3.8) is 0 Å². The molecule has 8 aromatic rings. The van der Waals surface area contributed by atoms with Crippen molar-refractivity contribution in [2.45, 2.75) is 0 Å². The summed E-state index contributed by atoms with van der Waals surface area (Å²) in [6, 6.07) is 52.5. The van der Waals surface area contributed by atoms with Crippen molar-refractivity contribution in [2.24, 2.45) is 0 Å². The Morgan fingerprint density at radius 3 is 1.23 bits per heavy atom. The molecule has 0 amide bonds. The number of hydrogen-bond donors (Lipinski definition) is 0. The summed E-state index contributed by atoms with van der Waals surface area (Å²) in [4.78, 5) is 0. The van der Waals surface area contributed by atoms with Crippen LogP contribution in [0.3, 0.4) is 0 Å². The van der Waals surface area contributed by atoms with Gasteiger partial charge in [-0.2, -0.15) is 0 Å². The largest absolute Gasteiger partial charge is 0.516 e. The molecule has 0 unspecified atom stereocenters. The molecular formula is C41H28O2+2. The standard InChI is InChI=1S/C41H26O2/c1-3-11-26(12-4-1)34-23-30-21-19-28-15-7-9-17-32(28)36(30)40-38(34)39-35(27-13-5-2-6-14-27)24-31-22-20-29-16-8-10-18-33(29)37(31)41(39)43-25-42-40/h1-24H,25H2/p+2. The first kappa shape index (κ1) is 24.0. The fourth-order valence-corrected chi connectivity index (χ4v) is 7.00. The Morgan fingerprint density at radius 2 is 0.767 bits per heavy atom. The van der Waals surface area contributed by atoms with Gasteiger partial charge < -0.3 is 9.47 Å². The van der Waals surface area contributed by atoms with E-state index < -0.39 is 0 Å². The third kappa shape index (κ3) is 3.67. The van der Waals surface area contributed by atoms with Crippen LogP contribution in [0.1, 0.15) is 0 Å². The zero-order valence-corrected chi connectivity index (χ0v) is 23.5. The molecule has 1 heterocycles. The summed E-state index contributed by atoms with van der Waals surface area (Å²) < 4.78 is 10.6. The fourth-order valence-electron chi connectivity index (χ4n) is 7.00. The topological polar surface area (TPSA) is 25.6 Å². The van der Waals surface area contributed by atoms with E-state index in [1.165, 1.54) is 65.3 Å². The molecule has 9 rings (SSSR count). The van der Waals surface area contributed by atoms with Crippen LogP contribution in [0, 0.1) is 0 Å². The molecule has 2 nitrogen and oxygen atoms in total. The Labute approximate surface area is 249 Å². The van der Waals surface area contributed by atoms with Crippen LogP contribution >= 0.6 is 0 Å². The number of rotatable bonds is 2. The first-order valence-corrected chi connectivity index (χ1v) is 14.8. The van der Waals surface area contributed by atoms with Crippen LogP contribution in [-0.2, 0) is 0 Å². The highest BCUT2D eigenvalue weighted by molar-refractivity contribution is 6.20. The summed E-state index contributed by atoms with van der Waals surface area (Å²) in [5.74, 6) is 2.04. The minimum absolute atomic E-state index is 0.368. The average Bonchev–Trinajstić information content (AvgIpc) is 3.28. The van der Waals surface area contributed by atoms with Gasteiger partial charge in [0.05, 0.1) is 21.9 Å². The lowest BCUT2D eigenvalue weighted by atomic mass is 9.83. The highest BCUT2D eigenvalue weighted by atomic mass is 16.7. The predicted molar refractivity (Wildman–Crippen MR) is 181 cm³/mol. The SMILES string of the molecule is c1ccc(-c2cc3ccc4ccccc4c3c3c2-c2c(-c4ccccc4)cc4ccc5ccccc5c4c2[OH+]C[OH+]3)cc1. The predicted octanol–water partition coefficient (Wildman–Crippen LogP) is 10.8. The average molecular weight is 553 g/mol. The maximum atomic E-state index is 5.32. The molecule has 1 aliphatic rings. The lowest BCUT2D eigenvalue weighted by Crippen LogP contribution is -1.99. The highest BCUT2D eigenvalue weighted by Gasteiger charge is 2.34. The van der Waals surface area contributed by atoms with Crippen molar-refractivity contribution in [1.82, 2.24) is 0 Å². The number of fused-ring (bicyclic) bond motifs is 11. The van der Waals surface area contributed by atoms with E-state index in [0.717, 1.165) is 22.6 Å². The van der Waals surface area contributed by atoms with Crippen molar-refractivity contribution in [3.05, 3.63) is 146 Å². The number of ether oxygens (including phenoxy) is 2.